The van der Waals surface area contributed by atoms with Gasteiger partial charge in [0.25, 0.3) is 0 Å². The van der Waals surface area contributed by atoms with Crippen LogP contribution in [0.2, 0.25) is 20.1 Å². The number of allylic oxidation sites excluding steroid dienone is 2. The van der Waals surface area contributed by atoms with Crippen LogP contribution in [0.3, 0.4) is 0 Å². The molecule has 0 aromatic heterocycles. The monoisotopic (exact) mass is 1170 g/mol. The number of benzene rings is 7. The van der Waals surface area contributed by atoms with Crippen LogP contribution in [-0.4, -0.2) is 52.3 Å². The molecule has 0 unspecified atom stereocenters. The van der Waals surface area contributed by atoms with E-state index in [0.717, 1.165) is 52.4 Å². The lowest BCUT2D eigenvalue weighted by atomic mass is 9.69. The van der Waals surface area contributed by atoms with Gasteiger partial charge in [-0.2, -0.15) is 4.58 Å². The van der Waals surface area contributed by atoms with Gasteiger partial charge in [-0.15, -0.1) is 13.2 Å². The number of rotatable bonds is 14. The maximum atomic E-state index is 11.4. The summed E-state index contributed by atoms with van der Waals surface area (Å²) in [6, 6.07) is 57.4. The predicted octanol–water partition coefficient (Wildman–Crippen LogP) is 19.5. The van der Waals surface area contributed by atoms with Gasteiger partial charge in [0.2, 0.25) is 1.43 Å². The SMILES string of the molecule is C.C=CC[C@@](C)(C[C@H](c1cccc(Cl)c1)[C@@H](O)c1ccc(Cl)cc1)C1=N[C@@H](C(C)C)CO1.C=CC[C@@]1(C)C[C@H](c2cccc(Cl)c2)[C@@H](c2ccc(Cl)cc2)[N+]2=C1OC[C@@H]2C(C)C.Cc1cccc2ccccc12.Cc1ccccc1.[2H]O. The average molecular weight is 1170 g/mol. The maximum absolute atomic E-state index is 11.4. The standard InChI is InChI=1S/C26H31Cl2NO2.C26H30Cl2NO.C11H10.C7H8.CH4.H2O/c1-5-13-26(4,25-29-23(16-31-25)17(2)3)15-22(19-7-6-8-21(28)14-19)24(30)18-9-11-20(27)12-10-18;1-5-13-26(4)15-22(19-7-6-8-21(28)14-19)24(18-9-11-20(27)12-10-18)29-23(17(2)3)16-30-25(26)29;1-9-5-4-7-10-6-2-3-8-11(9)10;1-7-5-3-2-4-6-7;;/h5-12,14,17,22-24,30H,1,13,15-16H2,2-4H3;5-12,14,17,22-24H,1,13,15-16H2,2-4H3;2-8H,1H3;2-6H,1H3;1H4;1H2/q;+1;;;;/t22-,23-,24+,26+;22-,23-,24-,26+;;;;/m11..../s1/i/hD. The van der Waals surface area contributed by atoms with E-state index in [-0.39, 0.29) is 36.8 Å². The molecule has 0 saturated heterocycles. The van der Waals surface area contributed by atoms with E-state index in [0.29, 0.717) is 47.4 Å². The molecule has 10 heteroatoms. The Morgan fingerprint density at radius 1 is 0.704 bits per heavy atom. The van der Waals surface area contributed by atoms with E-state index in [4.69, 9.17) is 67.8 Å². The minimum absolute atomic E-state index is 0. The second-order valence-corrected chi connectivity index (χ2v) is 24.4. The largest absolute Gasteiger partial charge is 0.478 e. The van der Waals surface area contributed by atoms with Crippen LogP contribution in [0.4, 0.5) is 0 Å². The van der Waals surface area contributed by atoms with Crippen molar-refractivity contribution in [1.82, 2.24) is 0 Å². The lowest BCUT2D eigenvalue weighted by Gasteiger charge is -2.39. The fraction of sp³-hybridized carbons (Fsp3) is 0.352. The van der Waals surface area contributed by atoms with Gasteiger partial charge in [-0.05, 0) is 134 Å². The van der Waals surface area contributed by atoms with Gasteiger partial charge >= 0.3 is 5.90 Å². The molecule has 10 rings (SSSR count). The number of aliphatic hydroxyl groups excluding tert-OH is 1. The highest BCUT2D eigenvalue weighted by atomic mass is 35.5. The summed E-state index contributed by atoms with van der Waals surface area (Å²) in [5, 5.41) is 16.9. The van der Waals surface area contributed by atoms with Gasteiger partial charge in [0.15, 0.2) is 24.6 Å². The normalized spacial score (nSPS) is 20.4. The van der Waals surface area contributed by atoms with Crippen molar-refractivity contribution in [3.8, 4) is 0 Å². The molecule has 3 aliphatic heterocycles. The van der Waals surface area contributed by atoms with Gasteiger partial charge in [-0.3, -0.25) is 0 Å². The van der Waals surface area contributed by atoms with Crippen LogP contribution >= 0.6 is 46.4 Å². The molecule has 3 heterocycles. The molecular weight excluding hydrogens is 1090 g/mol. The van der Waals surface area contributed by atoms with Gasteiger partial charge in [0.1, 0.15) is 6.61 Å². The van der Waals surface area contributed by atoms with Crippen molar-refractivity contribution in [1.29, 1.82) is 0 Å². The number of aliphatic imine (C=N–C) groups is 1. The van der Waals surface area contributed by atoms with Gasteiger partial charge < -0.3 is 20.1 Å². The molecule has 430 valence electrons. The summed E-state index contributed by atoms with van der Waals surface area (Å²) in [7, 11) is 0. The van der Waals surface area contributed by atoms with Crippen LogP contribution in [0.15, 0.2) is 200 Å². The van der Waals surface area contributed by atoms with Crippen molar-refractivity contribution < 1.29 is 26.1 Å². The molecule has 0 amide bonds. The lowest BCUT2D eigenvalue weighted by molar-refractivity contribution is -0.616. The van der Waals surface area contributed by atoms with Crippen LogP contribution in [0.25, 0.3) is 10.8 Å². The molecular formula is C71H85Cl4N2O4+. The van der Waals surface area contributed by atoms with Crippen LogP contribution < -0.4 is 0 Å². The second-order valence-electron chi connectivity index (χ2n) is 22.7. The number of hydrogen-bond acceptors (Lipinski definition) is 4. The number of aliphatic hydroxyl groups is 1. The number of nitrogens with zero attached hydrogens (tertiary/aromatic N) is 2. The molecule has 0 bridgehead atoms. The van der Waals surface area contributed by atoms with Gasteiger partial charge in [-0.1, -0.05) is 227 Å². The minimum atomic E-state index is -0.734. The highest BCUT2D eigenvalue weighted by Crippen LogP contribution is 2.52. The Morgan fingerprint density at radius 2 is 1.31 bits per heavy atom. The topological polar surface area (TPSA) is 85.6 Å². The summed E-state index contributed by atoms with van der Waals surface area (Å²) >= 11 is 25.0. The van der Waals surface area contributed by atoms with Crippen molar-refractivity contribution >= 4 is 69.0 Å². The number of hydrogen-bond donors (Lipinski definition) is 1. The Hall–Kier alpha value is -5.70. The van der Waals surface area contributed by atoms with Crippen LogP contribution in [0, 0.1) is 36.5 Å². The molecule has 0 saturated carbocycles. The fourth-order valence-corrected chi connectivity index (χ4v) is 12.0. The molecule has 0 aliphatic carbocycles. The molecule has 0 fully saturated rings. The molecule has 3 N–H and O–H groups in total. The average Bonchev–Trinajstić information content (AvgIpc) is 2.12. The summed E-state index contributed by atoms with van der Waals surface area (Å²) in [4.78, 5) is 4.91. The number of halogens is 4. The first-order chi connectivity index (χ1) is 38.8. The fourth-order valence-electron chi connectivity index (χ4n) is 11.3. The van der Waals surface area contributed by atoms with Crippen molar-refractivity contribution in [3.63, 3.8) is 0 Å². The van der Waals surface area contributed by atoms with Gasteiger partial charge in [0.05, 0.1) is 23.5 Å². The highest BCUT2D eigenvalue weighted by molar-refractivity contribution is 6.31. The summed E-state index contributed by atoms with van der Waals surface area (Å²) in [6.07, 6.45) is 6.38. The van der Waals surface area contributed by atoms with Crippen LogP contribution in [0.1, 0.15) is 133 Å². The molecule has 8 atom stereocenters. The van der Waals surface area contributed by atoms with Crippen molar-refractivity contribution in [3.05, 3.63) is 249 Å². The second kappa shape index (κ2) is 30.6. The molecule has 7 aromatic carbocycles. The zero-order valence-electron chi connectivity index (χ0n) is 48.7. The third kappa shape index (κ3) is 17.0. The summed E-state index contributed by atoms with van der Waals surface area (Å²) in [5.41, 5.74) is 12.7. The first-order valence-electron chi connectivity index (χ1n) is 28.2. The molecule has 81 heavy (non-hydrogen) atoms. The van der Waals surface area contributed by atoms with E-state index < -0.39 is 11.5 Å². The summed E-state index contributed by atoms with van der Waals surface area (Å²) < 4.78 is 19.8. The highest BCUT2D eigenvalue weighted by Gasteiger charge is 2.57. The Morgan fingerprint density at radius 3 is 1.88 bits per heavy atom. The maximum Gasteiger partial charge on any atom is 0.343 e. The zero-order chi connectivity index (χ0) is 58.9. The Kier molecular flexibility index (Phi) is 24.3. The van der Waals surface area contributed by atoms with Gasteiger partial charge in [0, 0.05) is 42.9 Å². The molecule has 3 aliphatic rings. The molecule has 0 spiro atoms. The number of aryl methyl sites for hydroxylation is 2. The van der Waals surface area contributed by atoms with Crippen LogP contribution in [-0.2, 0) is 9.47 Å². The Bertz CT molecular complexity index is 3180. The predicted molar refractivity (Wildman–Crippen MR) is 346 cm³/mol. The smallest absolute Gasteiger partial charge is 0.343 e. The van der Waals surface area contributed by atoms with E-state index in [1.165, 1.54) is 33.0 Å². The molecule has 7 aromatic rings. The van der Waals surface area contributed by atoms with Gasteiger partial charge in [-0.25, -0.2) is 4.99 Å². The number of fused-ring (bicyclic) bond motifs is 1. The van der Waals surface area contributed by atoms with E-state index in [9.17, 15) is 5.11 Å². The van der Waals surface area contributed by atoms with E-state index in [1.54, 1.807) is 12.1 Å². The first kappa shape index (κ1) is 64.5. The lowest BCUT2D eigenvalue weighted by Crippen LogP contribution is -2.46. The molecule has 6 nitrogen and oxygen atoms in total. The van der Waals surface area contributed by atoms with Crippen LogP contribution in [0.5, 0.6) is 0 Å². The van der Waals surface area contributed by atoms with Crippen molar-refractivity contribution in [2.24, 2.45) is 27.7 Å². The number of ether oxygens (including phenoxy) is 2. The quantitative estimate of drug-likeness (QED) is 0.0870. The molecule has 0 radical (unpaired) electrons. The zero-order valence-corrected chi connectivity index (χ0v) is 50.7. The van der Waals surface area contributed by atoms with Crippen molar-refractivity contribution in [2.45, 2.75) is 125 Å². The summed E-state index contributed by atoms with van der Waals surface area (Å²) in [5.74, 6) is 2.81. The van der Waals surface area contributed by atoms with E-state index in [2.05, 4.69) is 158 Å². The van der Waals surface area contributed by atoms with E-state index >= 15 is 0 Å². The van der Waals surface area contributed by atoms with Crippen molar-refractivity contribution in [2.75, 3.05) is 13.2 Å². The summed E-state index contributed by atoms with van der Waals surface area (Å²) in [6.45, 7) is 26.9. The first-order valence-corrected chi connectivity index (χ1v) is 29.2. The van der Waals surface area contributed by atoms with E-state index in [1.807, 2.05) is 84.9 Å². The Balaban J connectivity index is 0.000000223. The third-order valence-corrected chi connectivity index (χ3v) is 16.7. The Labute approximate surface area is 506 Å². The minimum Gasteiger partial charge on any atom is -0.478 e. The third-order valence-electron chi connectivity index (χ3n) is 15.7.